The molecule has 2 aliphatic rings. The maximum absolute atomic E-state index is 13.2. The predicted octanol–water partition coefficient (Wildman–Crippen LogP) is 1.92. The zero-order chi connectivity index (χ0) is 12.0. The first kappa shape index (κ1) is 11.4. The summed E-state index contributed by atoms with van der Waals surface area (Å²) in [5, 5.41) is 3.81. The Morgan fingerprint density at radius 1 is 1.47 bits per heavy atom. The summed E-state index contributed by atoms with van der Waals surface area (Å²) in [5.74, 6) is -0.195. The molecule has 0 bridgehead atoms. The number of hydrogen-bond acceptors (Lipinski definition) is 2. The average molecular weight is 253 g/mol. The lowest BCUT2D eigenvalue weighted by Crippen LogP contribution is -2.30. The second-order valence-electron chi connectivity index (χ2n) is 4.95. The Morgan fingerprint density at radius 2 is 2.29 bits per heavy atom. The summed E-state index contributed by atoms with van der Waals surface area (Å²) in [4.78, 5) is 0. The number of benzene rings is 1. The topological polar surface area (TPSA) is 29.1 Å². The Morgan fingerprint density at radius 3 is 3.12 bits per heavy atom. The van der Waals surface area contributed by atoms with Crippen molar-refractivity contribution < 1.29 is 8.60 Å². The van der Waals surface area contributed by atoms with Gasteiger partial charge < -0.3 is 5.32 Å². The molecule has 0 spiro atoms. The Labute approximate surface area is 103 Å². The van der Waals surface area contributed by atoms with Gasteiger partial charge in [-0.2, -0.15) is 0 Å². The van der Waals surface area contributed by atoms with Crippen molar-refractivity contribution >= 4 is 10.8 Å². The molecule has 0 saturated carbocycles. The smallest absolute Gasteiger partial charge is 0.123 e. The van der Waals surface area contributed by atoms with E-state index in [1.807, 2.05) is 13.0 Å². The number of halogens is 1. The van der Waals surface area contributed by atoms with Crippen LogP contribution in [0.2, 0.25) is 0 Å². The van der Waals surface area contributed by atoms with Crippen molar-refractivity contribution in [1.82, 2.24) is 5.32 Å². The van der Waals surface area contributed by atoms with Crippen molar-refractivity contribution in [2.45, 2.75) is 36.3 Å². The summed E-state index contributed by atoms with van der Waals surface area (Å²) in [6.07, 6.45) is 1.69. The SMILES string of the molecule is CC1CCNC2c3ccc(F)cc3CC2S1=O. The molecule has 0 aromatic heterocycles. The van der Waals surface area contributed by atoms with E-state index in [0.717, 1.165) is 30.5 Å². The molecule has 1 aliphatic carbocycles. The van der Waals surface area contributed by atoms with Crippen LogP contribution in [0.5, 0.6) is 0 Å². The molecule has 92 valence electrons. The Bertz CT molecular complexity index is 476. The Balaban J connectivity index is 2.00. The molecule has 3 rings (SSSR count). The van der Waals surface area contributed by atoms with Crippen LogP contribution in [-0.4, -0.2) is 21.3 Å². The van der Waals surface area contributed by atoms with Crippen molar-refractivity contribution in [3.63, 3.8) is 0 Å². The van der Waals surface area contributed by atoms with E-state index in [1.165, 1.54) is 6.07 Å². The minimum absolute atomic E-state index is 0.115. The van der Waals surface area contributed by atoms with E-state index < -0.39 is 10.8 Å². The highest BCUT2D eigenvalue weighted by molar-refractivity contribution is 7.86. The molecule has 1 aromatic rings. The molecule has 1 saturated heterocycles. The van der Waals surface area contributed by atoms with Crippen LogP contribution >= 0.6 is 0 Å². The third-order valence-electron chi connectivity index (χ3n) is 3.84. The third-order valence-corrected chi connectivity index (χ3v) is 5.91. The van der Waals surface area contributed by atoms with Gasteiger partial charge in [-0.1, -0.05) is 13.0 Å². The lowest BCUT2D eigenvalue weighted by atomic mass is 10.1. The standard InChI is InChI=1S/C13H16FNOS/c1-8-4-5-15-13-11-3-2-10(14)6-9(11)7-12(13)17(8)16/h2-3,6,8,12-13,15H,4-5,7H2,1H3. The van der Waals surface area contributed by atoms with Gasteiger partial charge in [0, 0.05) is 22.1 Å². The molecule has 0 radical (unpaired) electrons. The van der Waals surface area contributed by atoms with Gasteiger partial charge in [0.25, 0.3) is 0 Å². The fourth-order valence-electron chi connectivity index (χ4n) is 2.90. The Hall–Kier alpha value is -0.740. The highest BCUT2D eigenvalue weighted by Gasteiger charge is 2.39. The first-order valence-corrected chi connectivity index (χ1v) is 7.35. The summed E-state index contributed by atoms with van der Waals surface area (Å²) in [5.41, 5.74) is 2.16. The fourth-order valence-corrected chi connectivity index (χ4v) is 4.71. The molecule has 1 aromatic carbocycles. The Kier molecular flexibility index (Phi) is 2.79. The largest absolute Gasteiger partial charge is 0.309 e. The van der Waals surface area contributed by atoms with Crippen LogP contribution in [0.25, 0.3) is 0 Å². The van der Waals surface area contributed by atoms with Gasteiger partial charge in [0.05, 0.1) is 5.25 Å². The first-order valence-electron chi connectivity index (χ1n) is 6.08. The average Bonchev–Trinajstić information content (AvgIpc) is 2.59. The second-order valence-corrected chi connectivity index (χ2v) is 7.01. The van der Waals surface area contributed by atoms with Gasteiger partial charge in [-0.05, 0) is 42.6 Å². The van der Waals surface area contributed by atoms with Crippen LogP contribution in [0.15, 0.2) is 18.2 Å². The van der Waals surface area contributed by atoms with Crippen molar-refractivity contribution in [2.24, 2.45) is 0 Å². The third kappa shape index (κ3) is 1.83. The van der Waals surface area contributed by atoms with Crippen LogP contribution in [0.4, 0.5) is 4.39 Å². The summed E-state index contributed by atoms with van der Waals surface area (Å²) < 4.78 is 25.6. The van der Waals surface area contributed by atoms with Crippen molar-refractivity contribution in [3.05, 3.63) is 35.1 Å². The first-order chi connectivity index (χ1) is 8.16. The molecule has 1 fully saturated rings. The van der Waals surface area contributed by atoms with Crippen LogP contribution in [-0.2, 0) is 17.2 Å². The lowest BCUT2D eigenvalue weighted by molar-refractivity contribution is 0.542. The molecule has 17 heavy (non-hydrogen) atoms. The number of fused-ring (bicyclic) bond motifs is 3. The molecular formula is C13H16FNOS. The van der Waals surface area contributed by atoms with E-state index in [9.17, 15) is 8.60 Å². The van der Waals surface area contributed by atoms with Gasteiger partial charge in [-0.15, -0.1) is 0 Å². The zero-order valence-electron chi connectivity index (χ0n) is 9.78. The van der Waals surface area contributed by atoms with Crippen LogP contribution < -0.4 is 5.32 Å². The van der Waals surface area contributed by atoms with Gasteiger partial charge in [0.2, 0.25) is 0 Å². The summed E-state index contributed by atoms with van der Waals surface area (Å²) in [6.45, 7) is 2.94. The number of hydrogen-bond donors (Lipinski definition) is 1. The monoisotopic (exact) mass is 253 g/mol. The lowest BCUT2D eigenvalue weighted by Gasteiger charge is -2.18. The van der Waals surface area contributed by atoms with E-state index in [2.05, 4.69) is 5.32 Å². The molecule has 1 heterocycles. The fraction of sp³-hybridized carbons (Fsp3) is 0.538. The molecule has 2 nitrogen and oxygen atoms in total. The maximum Gasteiger partial charge on any atom is 0.123 e. The second kappa shape index (κ2) is 4.18. The van der Waals surface area contributed by atoms with Gasteiger partial charge >= 0.3 is 0 Å². The van der Waals surface area contributed by atoms with Crippen LogP contribution in [0.1, 0.15) is 30.5 Å². The van der Waals surface area contributed by atoms with E-state index in [0.29, 0.717) is 0 Å². The van der Waals surface area contributed by atoms with Gasteiger partial charge in [-0.25, -0.2) is 4.39 Å². The van der Waals surface area contributed by atoms with Crippen molar-refractivity contribution in [3.8, 4) is 0 Å². The predicted molar refractivity (Wildman–Crippen MR) is 66.9 cm³/mol. The molecule has 4 unspecified atom stereocenters. The number of nitrogens with one attached hydrogen (secondary N) is 1. The van der Waals surface area contributed by atoms with Crippen molar-refractivity contribution in [1.29, 1.82) is 0 Å². The van der Waals surface area contributed by atoms with Crippen LogP contribution in [0, 0.1) is 5.82 Å². The van der Waals surface area contributed by atoms with Gasteiger partial charge in [-0.3, -0.25) is 4.21 Å². The molecular weight excluding hydrogens is 237 g/mol. The molecule has 1 aliphatic heterocycles. The van der Waals surface area contributed by atoms with E-state index in [-0.39, 0.29) is 22.4 Å². The zero-order valence-corrected chi connectivity index (χ0v) is 10.6. The molecule has 4 heteroatoms. The maximum atomic E-state index is 13.2. The highest BCUT2D eigenvalue weighted by Crippen LogP contribution is 2.37. The van der Waals surface area contributed by atoms with Crippen molar-refractivity contribution in [2.75, 3.05) is 6.54 Å². The quantitative estimate of drug-likeness (QED) is 0.765. The number of rotatable bonds is 0. The van der Waals surface area contributed by atoms with Crippen LogP contribution in [0.3, 0.4) is 0 Å². The summed E-state index contributed by atoms with van der Waals surface area (Å²) in [7, 11) is -0.826. The minimum Gasteiger partial charge on any atom is -0.309 e. The van der Waals surface area contributed by atoms with E-state index in [4.69, 9.17) is 0 Å². The highest BCUT2D eigenvalue weighted by atomic mass is 32.2. The van der Waals surface area contributed by atoms with Gasteiger partial charge in [0.1, 0.15) is 5.82 Å². The van der Waals surface area contributed by atoms with E-state index in [1.54, 1.807) is 6.07 Å². The summed E-state index contributed by atoms with van der Waals surface area (Å²) >= 11 is 0. The molecule has 0 amide bonds. The summed E-state index contributed by atoms with van der Waals surface area (Å²) in [6, 6.07) is 5.08. The normalized spacial score (nSPS) is 36.1. The minimum atomic E-state index is -0.826. The van der Waals surface area contributed by atoms with E-state index >= 15 is 0 Å². The van der Waals surface area contributed by atoms with Gasteiger partial charge in [0.15, 0.2) is 0 Å². The molecule has 1 N–H and O–H groups in total. The molecule has 4 atom stereocenters.